The third-order valence-electron chi connectivity index (χ3n) is 4.84. The third kappa shape index (κ3) is 4.35. The number of anilines is 1. The molecule has 0 atom stereocenters. The van der Waals surface area contributed by atoms with Crippen LogP contribution in [0.2, 0.25) is 0 Å². The first kappa shape index (κ1) is 21.9. The number of aromatic hydroxyl groups is 1. The van der Waals surface area contributed by atoms with Gasteiger partial charge in [0.25, 0.3) is 10.0 Å². The summed E-state index contributed by atoms with van der Waals surface area (Å²) in [4.78, 5) is 0.469. The lowest BCUT2D eigenvalue weighted by molar-refractivity contribution is 0.392. The van der Waals surface area contributed by atoms with Crippen LogP contribution in [0.5, 0.6) is 17.2 Å². The van der Waals surface area contributed by atoms with Crippen molar-refractivity contribution in [2.24, 2.45) is 0 Å². The summed E-state index contributed by atoms with van der Waals surface area (Å²) < 4.78 is 45.0. The van der Waals surface area contributed by atoms with E-state index in [1.165, 1.54) is 38.1 Å². The van der Waals surface area contributed by atoms with Crippen molar-refractivity contribution < 1.29 is 27.4 Å². The van der Waals surface area contributed by atoms with E-state index in [0.29, 0.717) is 32.9 Å². The second kappa shape index (κ2) is 9.05. The Hall–Kier alpha value is -3.30. The highest BCUT2D eigenvalue weighted by Crippen LogP contribution is 2.42. The van der Waals surface area contributed by atoms with Gasteiger partial charge >= 0.3 is 0 Å². The van der Waals surface area contributed by atoms with Gasteiger partial charge < -0.3 is 19.0 Å². The minimum Gasteiger partial charge on any atom is -0.506 e. The molecular formula is C23H21NO6S2. The fourth-order valence-electron chi connectivity index (χ4n) is 3.27. The number of hydrogen-bond acceptors (Lipinski definition) is 7. The second-order valence-electron chi connectivity index (χ2n) is 6.81. The van der Waals surface area contributed by atoms with Crippen molar-refractivity contribution >= 4 is 38.2 Å². The number of rotatable bonds is 8. The largest absolute Gasteiger partial charge is 0.506 e. The SMILES string of the molecule is COc1ccc(OC)c(S(=O)(=O)Nc2cc(SCc3ccco3)c(O)c3ccccc23)c1. The van der Waals surface area contributed by atoms with Crippen LogP contribution < -0.4 is 14.2 Å². The fourth-order valence-corrected chi connectivity index (χ4v) is 5.43. The van der Waals surface area contributed by atoms with E-state index in [1.807, 2.05) is 6.07 Å². The van der Waals surface area contributed by atoms with Gasteiger partial charge in [0.15, 0.2) is 0 Å². The van der Waals surface area contributed by atoms with Crippen molar-refractivity contribution in [1.82, 2.24) is 0 Å². The molecule has 3 aromatic carbocycles. The van der Waals surface area contributed by atoms with Crippen molar-refractivity contribution in [3.63, 3.8) is 0 Å². The molecule has 0 fully saturated rings. The molecule has 0 spiro atoms. The standard InChI is InChI=1S/C23H21NO6S2/c1-28-15-9-10-20(29-2)22(12-15)32(26,27)24-19-13-21(31-14-16-6-5-11-30-16)23(25)18-8-4-3-7-17(18)19/h3-13,24-25H,14H2,1-2H3. The first-order chi connectivity index (χ1) is 15.4. The Kier molecular flexibility index (Phi) is 6.20. The molecule has 1 heterocycles. The number of sulfonamides is 1. The number of phenolic OH excluding ortho intramolecular Hbond substituents is 1. The third-order valence-corrected chi connectivity index (χ3v) is 7.27. The predicted molar refractivity (Wildman–Crippen MR) is 124 cm³/mol. The van der Waals surface area contributed by atoms with Crippen LogP contribution in [0.1, 0.15) is 5.76 Å². The van der Waals surface area contributed by atoms with Crippen molar-refractivity contribution in [3.05, 3.63) is 72.7 Å². The van der Waals surface area contributed by atoms with E-state index in [-0.39, 0.29) is 16.4 Å². The Bertz CT molecular complexity index is 1350. The van der Waals surface area contributed by atoms with Gasteiger partial charge in [-0.15, -0.1) is 11.8 Å². The zero-order chi connectivity index (χ0) is 22.7. The molecule has 0 bridgehead atoms. The van der Waals surface area contributed by atoms with Gasteiger partial charge in [0.2, 0.25) is 0 Å². The maximum Gasteiger partial charge on any atom is 0.265 e. The van der Waals surface area contributed by atoms with Crippen LogP contribution in [0, 0.1) is 0 Å². The van der Waals surface area contributed by atoms with E-state index < -0.39 is 10.0 Å². The quantitative estimate of drug-likeness (QED) is 0.268. The maximum atomic E-state index is 13.3. The molecule has 0 unspecified atom stereocenters. The number of hydrogen-bond donors (Lipinski definition) is 2. The number of benzene rings is 3. The molecule has 0 aliphatic heterocycles. The molecule has 9 heteroatoms. The van der Waals surface area contributed by atoms with Crippen molar-refractivity contribution in [1.29, 1.82) is 0 Å². The summed E-state index contributed by atoms with van der Waals surface area (Å²) in [6.45, 7) is 0. The highest BCUT2D eigenvalue weighted by atomic mass is 32.2. The smallest absolute Gasteiger partial charge is 0.265 e. The number of fused-ring (bicyclic) bond motifs is 1. The Morgan fingerprint density at radius 1 is 1.00 bits per heavy atom. The minimum atomic E-state index is -4.03. The minimum absolute atomic E-state index is 0.0544. The Labute approximate surface area is 190 Å². The maximum absolute atomic E-state index is 13.3. The van der Waals surface area contributed by atoms with Crippen molar-refractivity contribution in [3.8, 4) is 17.2 Å². The Morgan fingerprint density at radius 2 is 1.78 bits per heavy atom. The van der Waals surface area contributed by atoms with Gasteiger partial charge in [0.05, 0.1) is 36.8 Å². The van der Waals surface area contributed by atoms with Crippen LogP contribution in [-0.2, 0) is 15.8 Å². The summed E-state index contributed by atoms with van der Waals surface area (Å²) in [5.41, 5.74) is 0.338. The summed E-state index contributed by atoms with van der Waals surface area (Å²) in [7, 11) is -1.17. The van der Waals surface area contributed by atoms with Crippen LogP contribution >= 0.6 is 11.8 Å². The fraction of sp³-hybridized carbons (Fsp3) is 0.130. The second-order valence-corrected chi connectivity index (χ2v) is 9.47. The van der Waals surface area contributed by atoms with Gasteiger partial charge in [-0.3, -0.25) is 4.72 Å². The molecule has 1 aromatic heterocycles. The molecule has 4 aromatic rings. The number of nitrogens with one attached hydrogen (secondary N) is 1. The molecule has 0 radical (unpaired) electrons. The summed E-state index contributed by atoms with van der Waals surface area (Å²) in [6.07, 6.45) is 1.58. The summed E-state index contributed by atoms with van der Waals surface area (Å²) in [6, 6.07) is 16.9. The van der Waals surface area contributed by atoms with Crippen molar-refractivity contribution in [2.75, 3.05) is 18.9 Å². The van der Waals surface area contributed by atoms with E-state index in [1.54, 1.807) is 48.7 Å². The molecule has 0 saturated carbocycles. The number of furan rings is 1. The van der Waals surface area contributed by atoms with Gasteiger partial charge in [-0.1, -0.05) is 24.3 Å². The highest BCUT2D eigenvalue weighted by molar-refractivity contribution is 7.98. The van der Waals surface area contributed by atoms with E-state index in [9.17, 15) is 13.5 Å². The van der Waals surface area contributed by atoms with E-state index in [0.717, 1.165) is 5.76 Å². The molecular weight excluding hydrogens is 450 g/mol. The van der Waals surface area contributed by atoms with Gasteiger partial charge in [-0.05, 0) is 30.3 Å². The molecule has 0 aliphatic rings. The normalized spacial score (nSPS) is 11.4. The highest BCUT2D eigenvalue weighted by Gasteiger charge is 2.23. The zero-order valence-electron chi connectivity index (χ0n) is 17.4. The van der Waals surface area contributed by atoms with Gasteiger partial charge in [-0.2, -0.15) is 0 Å². The van der Waals surface area contributed by atoms with E-state index in [2.05, 4.69) is 4.72 Å². The zero-order valence-corrected chi connectivity index (χ0v) is 19.0. The van der Waals surface area contributed by atoms with Crippen LogP contribution in [-0.4, -0.2) is 27.7 Å². The summed E-state index contributed by atoms with van der Waals surface area (Å²) in [5.74, 6) is 1.88. The molecule has 166 valence electrons. The molecule has 32 heavy (non-hydrogen) atoms. The first-order valence-electron chi connectivity index (χ1n) is 9.57. The van der Waals surface area contributed by atoms with Gasteiger partial charge in [-0.25, -0.2) is 8.42 Å². The summed E-state index contributed by atoms with van der Waals surface area (Å²) >= 11 is 1.35. The number of phenols is 1. The average molecular weight is 472 g/mol. The molecule has 0 aliphatic carbocycles. The molecule has 0 amide bonds. The monoisotopic (exact) mass is 471 g/mol. The van der Waals surface area contributed by atoms with Crippen molar-refractivity contribution in [2.45, 2.75) is 15.5 Å². The lowest BCUT2D eigenvalue weighted by Crippen LogP contribution is -2.14. The van der Waals surface area contributed by atoms with Crippen LogP contribution in [0.25, 0.3) is 10.8 Å². The Balaban J connectivity index is 1.77. The molecule has 4 rings (SSSR count). The van der Waals surface area contributed by atoms with Gasteiger partial charge in [0, 0.05) is 16.8 Å². The molecule has 2 N–H and O–H groups in total. The Morgan fingerprint density at radius 3 is 2.47 bits per heavy atom. The van der Waals surface area contributed by atoms with Gasteiger partial charge in [0.1, 0.15) is 27.9 Å². The number of ether oxygens (including phenoxy) is 2. The average Bonchev–Trinajstić information content (AvgIpc) is 3.33. The van der Waals surface area contributed by atoms with E-state index >= 15 is 0 Å². The predicted octanol–water partition coefficient (Wildman–Crippen LogP) is 5.25. The van der Waals surface area contributed by atoms with E-state index in [4.69, 9.17) is 13.9 Å². The first-order valence-corrected chi connectivity index (χ1v) is 12.0. The number of methoxy groups -OCH3 is 2. The number of thioether (sulfide) groups is 1. The molecule has 7 nitrogen and oxygen atoms in total. The lowest BCUT2D eigenvalue weighted by atomic mass is 10.1. The van der Waals surface area contributed by atoms with Crippen LogP contribution in [0.15, 0.2) is 81.1 Å². The van der Waals surface area contributed by atoms with Crippen LogP contribution in [0.4, 0.5) is 5.69 Å². The van der Waals surface area contributed by atoms with Crippen LogP contribution in [0.3, 0.4) is 0 Å². The topological polar surface area (TPSA) is 98.0 Å². The summed E-state index contributed by atoms with van der Waals surface area (Å²) in [5, 5.41) is 11.9. The lowest BCUT2D eigenvalue weighted by Gasteiger charge is -2.16. The molecule has 0 saturated heterocycles.